The van der Waals surface area contributed by atoms with Crippen molar-refractivity contribution < 1.29 is 4.42 Å². The van der Waals surface area contributed by atoms with Crippen LogP contribution in [0.2, 0.25) is 0 Å². The van der Waals surface area contributed by atoms with Crippen molar-refractivity contribution in [3.05, 3.63) is 24.1 Å². The molecule has 1 heterocycles. The maximum atomic E-state index is 5.55. The van der Waals surface area contributed by atoms with Gasteiger partial charge in [-0.05, 0) is 12.1 Å². The summed E-state index contributed by atoms with van der Waals surface area (Å²) in [5, 5.41) is 3.41. The van der Waals surface area contributed by atoms with Gasteiger partial charge in [-0.25, -0.2) is 4.98 Å². The molecule has 0 fully saturated rings. The summed E-state index contributed by atoms with van der Waals surface area (Å²) in [6.45, 7) is 8.13. The van der Waals surface area contributed by atoms with E-state index in [4.69, 9.17) is 4.42 Å². The summed E-state index contributed by atoms with van der Waals surface area (Å²) < 4.78 is 5.55. The van der Waals surface area contributed by atoms with Crippen molar-refractivity contribution in [1.82, 2.24) is 10.3 Å². The molecule has 0 saturated carbocycles. The predicted octanol–water partition coefficient (Wildman–Crippen LogP) is 2.57. The molecule has 0 bridgehead atoms. The van der Waals surface area contributed by atoms with E-state index < -0.39 is 0 Å². The summed E-state index contributed by atoms with van der Waals surface area (Å²) in [5.74, 6) is 0.714. The number of nitrogens with one attached hydrogen (secondary N) is 1. The van der Waals surface area contributed by atoms with E-state index in [0.29, 0.717) is 11.9 Å². The quantitative estimate of drug-likeness (QED) is 0.881. The minimum absolute atomic E-state index is 0.526. The second-order valence-electron chi connectivity index (χ2n) is 4.92. The van der Waals surface area contributed by atoms with Crippen LogP contribution in [0.5, 0.6) is 0 Å². The number of hydrogen-bond acceptors (Lipinski definition) is 4. The Hall–Kier alpha value is -1.55. The van der Waals surface area contributed by atoms with E-state index in [-0.39, 0.29) is 0 Å². The third kappa shape index (κ3) is 3.01. The fraction of sp³-hybridized carbons (Fsp3) is 0.500. The number of rotatable bonds is 5. The van der Waals surface area contributed by atoms with Crippen molar-refractivity contribution >= 4 is 16.8 Å². The second-order valence-corrected chi connectivity index (χ2v) is 4.92. The van der Waals surface area contributed by atoms with Gasteiger partial charge in [0, 0.05) is 44.9 Å². The average Bonchev–Trinajstić information content (AvgIpc) is 2.67. The number of anilines is 1. The standard InChI is InChI=1S/C14H21N3O/c1-10(2)15-7-8-17(4)12-5-6-13-14(9-12)18-11(3)16-13/h5-6,9-10,15H,7-8H2,1-4H3. The number of benzene rings is 1. The highest BCUT2D eigenvalue weighted by Crippen LogP contribution is 2.21. The van der Waals surface area contributed by atoms with Gasteiger partial charge in [-0.3, -0.25) is 0 Å². The van der Waals surface area contributed by atoms with Crippen LogP contribution in [0, 0.1) is 6.92 Å². The zero-order valence-corrected chi connectivity index (χ0v) is 11.5. The van der Waals surface area contributed by atoms with Crippen molar-refractivity contribution in [2.45, 2.75) is 26.8 Å². The number of nitrogens with zero attached hydrogens (tertiary/aromatic N) is 2. The molecule has 0 atom stereocenters. The zero-order chi connectivity index (χ0) is 13.1. The molecule has 1 aromatic carbocycles. The van der Waals surface area contributed by atoms with E-state index in [0.717, 1.165) is 29.9 Å². The summed E-state index contributed by atoms with van der Waals surface area (Å²) >= 11 is 0. The molecule has 18 heavy (non-hydrogen) atoms. The Kier molecular flexibility index (Phi) is 3.87. The average molecular weight is 247 g/mol. The minimum atomic E-state index is 0.526. The summed E-state index contributed by atoms with van der Waals surface area (Å²) in [4.78, 5) is 6.52. The van der Waals surface area contributed by atoms with Crippen LogP contribution in [0.3, 0.4) is 0 Å². The number of oxazole rings is 1. The largest absolute Gasteiger partial charge is 0.441 e. The van der Waals surface area contributed by atoms with Crippen LogP contribution in [0.1, 0.15) is 19.7 Å². The number of fused-ring (bicyclic) bond motifs is 1. The Balaban J connectivity index is 2.05. The number of hydrogen-bond donors (Lipinski definition) is 1. The van der Waals surface area contributed by atoms with Gasteiger partial charge in [0.25, 0.3) is 0 Å². The lowest BCUT2D eigenvalue weighted by atomic mass is 10.2. The van der Waals surface area contributed by atoms with Crippen LogP contribution in [-0.4, -0.2) is 31.2 Å². The van der Waals surface area contributed by atoms with Crippen molar-refractivity contribution in [3.8, 4) is 0 Å². The zero-order valence-electron chi connectivity index (χ0n) is 11.5. The summed E-state index contributed by atoms with van der Waals surface area (Å²) in [6, 6.07) is 6.66. The SMILES string of the molecule is Cc1nc2ccc(N(C)CCNC(C)C)cc2o1. The molecule has 0 radical (unpaired) electrons. The van der Waals surface area contributed by atoms with Crippen LogP contribution in [0.4, 0.5) is 5.69 Å². The number of aryl methyl sites for hydroxylation is 1. The van der Waals surface area contributed by atoms with E-state index in [9.17, 15) is 0 Å². The van der Waals surface area contributed by atoms with Crippen LogP contribution in [0.15, 0.2) is 22.6 Å². The first-order valence-corrected chi connectivity index (χ1v) is 6.38. The van der Waals surface area contributed by atoms with Gasteiger partial charge in [-0.2, -0.15) is 0 Å². The number of aromatic nitrogens is 1. The normalized spacial score (nSPS) is 11.4. The molecular formula is C14H21N3O. The van der Waals surface area contributed by atoms with Gasteiger partial charge >= 0.3 is 0 Å². The van der Waals surface area contributed by atoms with Gasteiger partial charge in [0.05, 0.1) is 0 Å². The van der Waals surface area contributed by atoms with E-state index >= 15 is 0 Å². The highest BCUT2D eigenvalue weighted by Gasteiger charge is 2.06. The maximum Gasteiger partial charge on any atom is 0.192 e. The van der Waals surface area contributed by atoms with Gasteiger partial charge < -0.3 is 14.6 Å². The Morgan fingerprint density at radius 1 is 1.39 bits per heavy atom. The molecule has 2 aromatic rings. The second kappa shape index (κ2) is 5.40. The topological polar surface area (TPSA) is 41.3 Å². The smallest absolute Gasteiger partial charge is 0.192 e. The Labute approximate surface area is 108 Å². The van der Waals surface area contributed by atoms with Crippen LogP contribution in [0.25, 0.3) is 11.1 Å². The van der Waals surface area contributed by atoms with Crippen molar-refractivity contribution in [2.75, 3.05) is 25.0 Å². The van der Waals surface area contributed by atoms with E-state index in [2.05, 4.69) is 42.2 Å². The lowest BCUT2D eigenvalue weighted by Gasteiger charge is -2.20. The Morgan fingerprint density at radius 2 is 2.17 bits per heavy atom. The summed E-state index contributed by atoms with van der Waals surface area (Å²) in [7, 11) is 2.09. The molecule has 2 rings (SSSR count). The number of likely N-dealkylation sites (N-methyl/N-ethyl adjacent to an activating group) is 1. The first-order chi connectivity index (χ1) is 8.56. The molecule has 4 nitrogen and oxygen atoms in total. The molecule has 0 aliphatic heterocycles. The lowest BCUT2D eigenvalue weighted by molar-refractivity contribution is 0.560. The predicted molar refractivity (Wildman–Crippen MR) is 75.2 cm³/mol. The van der Waals surface area contributed by atoms with E-state index in [1.165, 1.54) is 0 Å². The highest BCUT2D eigenvalue weighted by atomic mass is 16.3. The molecule has 0 unspecified atom stereocenters. The molecule has 0 amide bonds. The van der Waals surface area contributed by atoms with Crippen molar-refractivity contribution in [1.29, 1.82) is 0 Å². The molecule has 0 spiro atoms. The molecule has 0 saturated heterocycles. The van der Waals surface area contributed by atoms with E-state index in [1.807, 2.05) is 19.1 Å². The van der Waals surface area contributed by atoms with Crippen LogP contribution < -0.4 is 10.2 Å². The first-order valence-electron chi connectivity index (χ1n) is 6.38. The molecular weight excluding hydrogens is 226 g/mol. The van der Waals surface area contributed by atoms with Crippen LogP contribution in [-0.2, 0) is 0 Å². The Morgan fingerprint density at radius 3 is 2.89 bits per heavy atom. The minimum Gasteiger partial charge on any atom is -0.441 e. The molecule has 0 aliphatic rings. The molecule has 1 aromatic heterocycles. The van der Waals surface area contributed by atoms with Gasteiger partial charge in [-0.15, -0.1) is 0 Å². The van der Waals surface area contributed by atoms with Crippen molar-refractivity contribution in [2.24, 2.45) is 0 Å². The fourth-order valence-electron chi connectivity index (χ4n) is 1.92. The summed E-state index contributed by atoms with van der Waals surface area (Å²) in [6.07, 6.45) is 0. The molecule has 0 aliphatic carbocycles. The monoisotopic (exact) mass is 247 g/mol. The van der Waals surface area contributed by atoms with E-state index in [1.54, 1.807) is 0 Å². The van der Waals surface area contributed by atoms with Gasteiger partial charge in [-0.1, -0.05) is 13.8 Å². The van der Waals surface area contributed by atoms with Gasteiger partial charge in [0.2, 0.25) is 0 Å². The first kappa shape index (κ1) is 12.9. The molecule has 98 valence electrons. The van der Waals surface area contributed by atoms with Crippen LogP contribution >= 0.6 is 0 Å². The Bertz CT molecular complexity index is 519. The lowest BCUT2D eigenvalue weighted by Crippen LogP contribution is -2.32. The fourth-order valence-corrected chi connectivity index (χ4v) is 1.92. The third-order valence-electron chi connectivity index (χ3n) is 2.92. The summed E-state index contributed by atoms with van der Waals surface area (Å²) in [5.41, 5.74) is 2.93. The third-order valence-corrected chi connectivity index (χ3v) is 2.92. The van der Waals surface area contributed by atoms with Crippen molar-refractivity contribution in [3.63, 3.8) is 0 Å². The molecule has 1 N–H and O–H groups in total. The highest BCUT2D eigenvalue weighted by molar-refractivity contribution is 5.77. The van der Waals surface area contributed by atoms with Gasteiger partial charge in [0.1, 0.15) is 5.52 Å². The molecule has 4 heteroatoms. The van der Waals surface area contributed by atoms with Gasteiger partial charge in [0.15, 0.2) is 11.5 Å². The maximum absolute atomic E-state index is 5.55.